The van der Waals surface area contributed by atoms with Gasteiger partial charge < -0.3 is 14.6 Å². The Morgan fingerprint density at radius 2 is 2.20 bits per heavy atom. The number of methoxy groups -OCH3 is 1. The third-order valence-electron chi connectivity index (χ3n) is 3.24. The second-order valence-electron chi connectivity index (χ2n) is 3.97. The van der Waals surface area contributed by atoms with Crippen LogP contribution in [0.5, 0.6) is 5.75 Å². The second-order valence-corrected chi connectivity index (χ2v) is 3.97. The summed E-state index contributed by atoms with van der Waals surface area (Å²) in [5.74, 6) is 0.933. The maximum Gasteiger partial charge on any atom is 0.119 e. The summed E-state index contributed by atoms with van der Waals surface area (Å²) in [5.41, 5.74) is 4.12. The van der Waals surface area contributed by atoms with E-state index in [9.17, 15) is 0 Å². The first-order valence-electron chi connectivity index (χ1n) is 5.16. The third kappa shape index (κ3) is 1.10. The molecule has 78 valence electrons. The zero-order chi connectivity index (χ0) is 10.4. The number of benzene rings is 1. The standard InChI is InChI=1S/C12H14N2O/c1-14-11-4-3-8(15-2)5-9(11)10-6-13-7-12(10)14/h3-5,13H,6-7H2,1-2H3. The van der Waals surface area contributed by atoms with Crippen LogP contribution in [0.2, 0.25) is 0 Å². The van der Waals surface area contributed by atoms with Crippen molar-refractivity contribution in [3.8, 4) is 5.75 Å². The average Bonchev–Trinajstić information content (AvgIpc) is 2.83. The van der Waals surface area contributed by atoms with E-state index in [-0.39, 0.29) is 0 Å². The van der Waals surface area contributed by atoms with Crippen LogP contribution in [0.4, 0.5) is 0 Å². The molecule has 0 aliphatic carbocycles. The summed E-state index contributed by atoms with van der Waals surface area (Å²) >= 11 is 0. The molecule has 1 aliphatic rings. The fraction of sp³-hybridized carbons (Fsp3) is 0.333. The van der Waals surface area contributed by atoms with Gasteiger partial charge in [-0.3, -0.25) is 0 Å². The Kier molecular flexibility index (Phi) is 1.76. The summed E-state index contributed by atoms with van der Waals surface area (Å²) in [5, 5.41) is 4.69. The molecular weight excluding hydrogens is 188 g/mol. The van der Waals surface area contributed by atoms with Gasteiger partial charge in [-0.15, -0.1) is 0 Å². The topological polar surface area (TPSA) is 26.2 Å². The minimum Gasteiger partial charge on any atom is -0.497 e. The Balaban J connectivity index is 2.35. The van der Waals surface area contributed by atoms with Crippen LogP contribution in [-0.2, 0) is 20.1 Å². The van der Waals surface area contributed by atoms with Gasteiger partial charge in [0.2, 0.25) is 0 Å². The van der Waals surface area contributed by atoms with Gasteiger partial charge in [-0.05, 0) is 23.8 Å². The van der Waals surface area contributed by atoms with E-state index in [2.05, 4.69) is 29.1 Å². The molecule has 1 aromatic heterocycles. The van der Waals surface area contributed by atoms with Gasteiger partial charge in [0.05, 0.1) is 7.11 Å². The lowest BCUT2D eigenvalue weighted by Gasteiger charge is -2.03. The number of ether oxygens (including phenoxy) is 1. The van der Waals surface area contributed by atoms with E-state index in [0.29, 0.717) is 0 Å². The maximum absolute atomic E-state index is 5.26. The van der Waals surface area contributed by atoms with Crippen molar-refractivity contribution in [3.63, 3.8) is 0 Å². The Morgan fingerprint density at radius 3 is 3.00 bits per heavy atom. The molecule has 0 saturated heterocycles. The minimum atomic E-state index is 0.933. The molecule has 0 unspecified atom stereocenters. The number of aromatic nitrogens is 1. The number of nitrogens with zero attached hydrogens (tertiary/aromatic N) is 1. The predicted octanol–water partition coefficient (Wildman–Crippen LogP) is 1.79. The number of fused-ring (bicyclic) bond motifs is 3. The van der Waals surface area contributed by atoms with Crippen LogP contribution in [0.15, 0.2) is 18.2 Å². The molecule has 1 N–H and O–H groups in total. The summed E-state index contributed by atoms with van der Waals surface area (Å²) in [6.45, 7) is 1.95. The second kappa shape index (κ2) is 3.00. The monoisotopic (exact) mass is 202 g/mol. The van der Waals surface area contributed by atoms with Crippen molar-refractivity contribution in [3.05, 3.63) is 29.5 Å². The number of rotatable bonds is 1. The lowest BCUT2D eigenvalue weighted by molar-refractivity contribution is 0.415. The minimum absolute atomic E-state index is 0.933. The Hall–Kier alpha value is -1.48. The van der Waals surface area contributed by atoms with E-state index in [1.54, 1.807) is 7.11 Å². The molecule has 2 aromatic rings. The molecule has 2 heterocycles. The average molecular weight is 202 g/mol. The highest BCUT2D eigenvalue weighted by Gasteiger charge is 2.19. The zero-order valence-electron chi connectivity index (χ0n) is 9.00. The predicted molar refractivity (Wildman–Crippen MR) is 60.0 cm³/mol. The molecule has 3 nitrogen and oxygen atoms in total. The molecule has 0 bridgehead atoms. The molecule has 1 aromatic carbocycles. The SMILES string of the molecule is COc1ccc2c(c1)c1c(n2C)CNC1. The van der Waals surface area contributed by atoms with Crippen LogP contribution in [0.25, 0.3) is 10.9 Å². The van der Waals surface area contributed by atoms with E-state index in [1.165, 1.54) is 22.2 Å². The van der Waals surface area contributed by atoms with Gasteiger partial charge in [-0.25, -0.2) is 0 Å². The first-order valence-corrected chi connectivity index (χ1v) is 5.16. The van der Waals surface area contributed by atoms with Gasteiger partial charge in [0, 0.05) is 36.7 Å². The number of hydrogen-bond acceptors (Lipinski definition) is 2. The summed E-state index contributed by atoms with van der Waals surface area (Å²) < 4.78 is 7.53. The van der Waals surface area contributed by atoms with Crippen LogP contribution in [0.3, 0.4) is 0 Å². The Labute approximate surface area is 88.6 Å². The third-order valence-corrected chi connectivity index (χ3v) is 3.24. The number of nitrogens with one attached hydrogen (secondary N) is 1. The van der Waals surface area contributed by atoms with Crippen LogP contribution in [0, 0.1) is 0 Å². The highest BCUT2D eigenvalue weighted by Crippen LogP contribution is 2.31. The largest absolute Gasteiger partial charge is 0.497 e. The van der Waals surface area contributed by atoms with Crippen LogP contribution >= 0.6 is 0 Å². The van der Waals surface area contributed by atoms with Gasteiger partial charge in [0.15, 0.2) is 0 Å². The van der Waals surface area contributed by atoms with E-state index >= 15 is 0 Å². The van der Waals surface area contributed by atoms with Crippen molar-refractivity contribution < 1.29 is 4.74 Å². The first-order chi connectivity index (χ1) is 7.31. The van der Waals surface area contributed by atoms with Crippen molar-refractivity contribution >= 4 is 10.9 Å². The maximum atomic E-state index is 5.26. The van der Waals surface area contributed by atoms with Crippen molar-refractivity contribution in [1.29, 1.82) is 0 Å². The van der Waals surface area contributed by atoms with Crippen LogP contribution < -0.4 is 10.1 Å². The summed E-state index contributed by atoms with van der Waals surface area (Å²) in [6.07, 6.45) is 0. The van der Waals surface area contributed by atoms with Crippen molar-refractivity contribution in [1.82, 2.24) is 9.88 Å². The molecule has 0 fully saturated rings. The molecule has 0 radical (unpaired) electrons. The molecular formula is C12H14N2O. The fourth-order valence-corrected chi connectivity index (χ4v) is 2.41. The van der Waals surface area contributed by atoms with Crippen molar-refractivity contribution in [2.45, 2.75) is 13.1 Å². The Bertz CT molecular complexity index is 528. The van der Waals surface area contributed by atoms with Gasteiger partial charge in [0.25, 0.3) is 0 Å². The van der Waals surface area contributed by atoms with E-state index in [4.69, 9.17) is 4.74 Å². The molecule has 0 amide bonds. The van der Waals surface area contributed by atoms with Crippen LogP contribution in [0.1, 0.15) is 11.3 Å². The zero-order valence-corrected chi connectivity index (χ0v) is 9.00. The highest BCUT2D eigenvalue weighted by molar-refractivity contribution is 5.87. The molecule has 3 heteroatoms. The number of hydrogen-bond donors (Lipinski definition) is 1. The van der Waals surface area contributed by atoms with Crippen LogP contribution in [-0.4, -0.2) is 11.7 Å². The van der Waals surface area contributed by atoms with E-state index < -0.39 is 0 Å². The quantitative estimate of drug-likeness (QED) is 0.763. The molecule has 3 rings (SSSR count). The highest BCUT2D eigenvalue weighted by atomic mass is 16.5. The molecule has 0 saturated carbocycles. The van der Waals surface area contributed by atoms with Gasteiger partial charge in [-0.1, -0.05) is 0 Å². The first kappa shape index (κ1) is 8.80. The van der Waals surface area contributed by atoms with Gasteiger partial charge >= 0.3 is 0 Å². The van der Waals surface area contributed by atoms with Crippen molar-refractivity contribution in [2.24, 2.45) is 7.05 Å². The summed E-state index contributed by atoms with van der Waals surface area (Å²) in [4.78, 5) is 0. The molecule has 0 spiro atoms. The molecule has 1 aliphatic heterocycles. The molecule has 0 atom stereocenters. The van der Waals surface area contributed by atoms with E-state index in [1.807, 2.05) is 6.07 Å². The normalized spacial score (nSPS) is 14.5. The summed E-state index contributed by atoms with van der Waals surface area (Å²) in [6, 6.07) is 6.28. The van der Waals surface area contributed by atoms with E-state index in [0.717, 1.165) is 18.8 Å². The molecule has 15 heavy (non-hydrogen) atoms. The fourth-order valence-electron chi connectivity index (χ4n) is 2.41. The lowest BCUT2D eigenvalue weighted by atomic mass is 10.1. The van der Waals surface area contributed by atoms with Gasteiger partial charge in [0.1, 0.15) is 5.75 Å². The van der Waals surface area contributed by atoms with Crippen molar-refractivity contribution in [2.75, 3.05) is 7.11 Å². The smallest absolute Gasteiger partial charge is 0.119 e. The summed E-state index contributed by atoms with van der Waals surface area (Å²) in [7, 11) is 3.84. The lowest BCUT2D eigenvalue weighted by Crippen LogP contribution is -2.04. The Morgan fingerprint density at radius 1 is 1.33 bits per heavy atom. The number of aryl methyl sites for hydroxylation is 1. The van der Waals surface area contributed by atoms with Gasteiger partial charge in [-0.2, -0.15) is 0 Å².